The van der Waals surface area contributed by atoms with Crippen LogP contribution < -0.4 is 4.74 Å². The predicted molar refractivity (Wildman–Crippen MR) is 125 cm³/mol. The van der Waals surface area contributed by atoms with E-state index in [2.05, 4.69) is 9.97 Å². The van der Waals surface area contributed by atoms with Gasteiger partial charge in [0.15, 0.2) is 17.3 Å². The highest BCUT2D eigenvalue weighted by atomic mass is 16.6. The smallest absolute Gasteiger partial charge is 0.273 e. The van der Waals surface area contributed by atoms with Crippen molar-refractivity contribution in [2.45, 2.75) is 13.0 Å². The SMILES string of the molecule is COc1ccc2c(c1O)CCN(C(=O)c1nc(-c3ccc([N+](=O)[O-])cc3)nc3ccccc13)C2. The minimum absolute atomic E-state index is 0.0345. The second kappa shape index (κ2) is 8.43. The molecule has 0 radical (unpaired) electrons. The third-order valence-corrected chi connectivity index (χ3v) is 5.98. The van der Waals surface area contributed by atoms with Crippen molar-refractivity contribution in [3.63, 3.8) is 0 Å². The number of para-hydroxylation sites is 1. The van der Waals surface area contributed by atoms with Crippen LogP contribution in [0.1, 0.15) is 21.6 Å². The second-order valence-electron chi connectivity index (χ2n) is 7.95. The largest absolute Gasteiger partial charge is 0.504 e. The molecule has 5 rings (SSSR count). The molecular weight excluding hydrogens is 436 g/mol. The van der Waals surface area contributed by atoms with Crippen LogP contribution in [0.2, 0.25) is 0 Å². The third-order valence-electron chi connectivity index (χ3n) is 5.98. The molecule has 9 nitrogen and oxygen atoms in total. The molecule has 0 saturated carbocycles. The quantitative estimate of drug-likeness (QED) is 0.362. The summed E-state index contributed by atoms with van der Waals surface area (Å²) in [5, 5.41) is 22.1. The van der Waals surface area contributed by atoms with Crippen molar-refractivity contribution in [2.75, 3.05) is 13.7 Å². The van der Waals surface area contributed by atoms with Crippen LogP contribution in [-0.4, -0.2) is 44.5 Å². The van der Waals surface area contributed by atoms with E-state index in [4.69, 9.17) is 4.74 Å². The first-order valence-corrected chi connectivity index (χ1v) is 10.6. The van der Waals surface area contributed by atoms with Crippen molar-refractivity contribution in [3.8, 4) is 22.9 Å². The van der Waals surface area contributed by atoms with E-state index in [1.165, 1.54) is 19.2 Å². The molecule has 9 heteroatoms. The Labute approximate surface area is 194 Å². The molecule has 1 aromatic heterocycles. The average Bonchev–Trinajstić information content (AvgIpc) is 2.87. The lowest BCUT2D eigenvalue weighted by molar-refractivity contribution is -0.384. The Morgan fingerprint density at radius 1 is 1.09 bits per heavy atom. The number of hydrogen-bond donors (Lipinski definition) is 1. The van der Waals surface area contributed by atoms with Crippen molar-refractivity contribution in [1.82, 2.24) is 14.9 Å². The molecule has 0 fully saturated rings. The summed E-state index contributed by atoms with van der Waals surface area (Å²) in [5.41, 5.74) is 3.04. The van der Waals surface area contributed by atoms with E-state index in [1.54, 1.807) is 35.2 Å². The molecule has 2 heterocycles. The van der Waals surface area contributed by atoms with E-state index < -0.39 is 4.92 Å². The maximum atomic E-state index is 13.6. The number of nitrogens with zero attached hydrogens (tertiary/aromatic N) is 4. The van der Waals surface area contributed by atoms with Gasteiger partial charge < -0.3 is 14.7 Å². The lowest BCUT2D eigenvalue weighted by atomic mass is 9.97. The monoisotopic (exact) mass is 456 g/mol. The number of carbonyl (C=O) groups excluding carboxylic acids is 1. The number of benzene rings is 3. The lowest BCUT2D eigenvalue weighted by Crippen LogP contribution is -2.36. The maximum Gasteiger partial charge on any atom is 0.273 e. The molecule has 0 saturated heterocycles. The number of methoxy groups -OCH3 is 1. The zero-order valence-electron chi connectivity index (χ0n) is 18.3. The number of phenolic OH excluding ortho intramolecular Hbond substituents is 1. The number of phenols is 1. The van der Waals surface area contributed by atoms with Crippen LogP contribution in [0, 0.1) is 10.1 Å². The van der Waals surface area contributed by atoms with Gasteiger partial charge in [-0.25, -0.2) is 9.97 Å². The number of hydrogen-bond acceptors (Lipinski definition) is 7. The normalized spacial score (nSPS) is 12.9. The molecule has 1 aliphatic rings. The van der Waals surface area contributed by atoms with Crippen molar-refractivity contribution in [1.29, 1.82) is 0 Å². The molecule has 4 aromatic rings. The molecule has 1 amide bonds. The minimum Gasteiger partial charge on any atom is -0.504 e. The molecule has 170 valence electrons. The Bertz CT molecular complexity index is 1440. The van der Waals surface area contributed by atoms with Crippen molar-refractivity contribution >= 4 is 22.5 Å². The predicted octanol–water partition coefficient (Wildman–Crippen LogP) is 4.12. The molecule has 0 spiro atoms. The summed E-state index contributed by atoms with van der Waals surface area (Å²) >= 11 is 0. The van der Waals surface area contributed by atoms with E-state index in [9.17, 15) is 20.0 Å². The van der Waals surface area contributed by atoms with Gasteiger partial charge in [0.25, 0.3) is 11.6 Å². The van der Waals surface area contributed by atoms with Gasteiger partial charge in [0.1, 0.15) is 5.69 Å². The summed E-state index contributed by atoms with van der Waals surface area (Å²) in [6.07, 6.45) is 0.488. The fraction of sp³-hybridized carbons (Fsp3) is 0.160. The van der Waals surface area contributed by atoms with Crippen molar-refractivity contribution in [3.05, 3.63) is 87.6 Å². The summed E-state index contributed by atoms with van der Waals surface area (Å²) in [5.74, 6) is 0.590. The first kappa shape index (κ1) is 21.3. The number of carbonyl (C=O) groups is 1. The van der Waals surface area contributed by atoms with E-state index in [-0.39, 0.29) is 23.0 Å². The highest BCUT2D eigenvalue weighted by Crippen LogP contribution is 2.36. The van der Waals surface area contributed by atoms with Gasteiger partial charge >= 0.3 is 0 Å². The van der Waals surface area contributed by atoms with Crippen LogP contribution in [0.3, 0.4) is 0 Å². The van der Waals surface area contributed by atoms with Gasteiger partial charge in [-0.1, -0.05) is 24.3 Å². The van der Waals surface area contributed by atoms with Gasteiger partial charge in [0.05, 0.1) is 17.5 Å². The van der Waals surface area contributed by atoms with Crippen molar-refractivity contribution in [2.24, 2.45) is 0 Å². The van der Waals surface area contributed by atoms with Gasteiger partial charge in [0, 0.05) is 41.7 Å². The number of aromatic nitrogens is 2. The number of rotatable bonds is 4. The fourth-order valence-corrected chi connectivity index (χ4v) is 4.20. The zero-order chi connectivity index (χ0) is 23.8. The number of nitro benzene ring substituents is 1. The summed E-state index contributed by atoms with van der Waals surface area (Å²) in [6, 6.07) is 16.7. The highest BCUT2D eigenvalue weighted by molar-refractivity contribution is 6.05. The molecule has 0 atom stereocenters. The molecule has 3 aromatic carbocycles. The summed E-state index contributed by atoms with van der Waals surface area (Å²) in [7, 11) is 1.50. The van der Waals surface area contributed by atoms with Crippen LogP contribution in [0.5, 0.6) is 11.5 Å². The first-order valence-electron chi connectivity index (χ1n) is 10.6. The van der Waals surface area contributed by atoms with Crippen LogP contribution in [0.15, 0.2) is 60.7 Å². The minimum atomic E-state index is -0.471. The molecule has 1 N–H and O–H groups in total. The number of amides is 1. The number of nitro groups is 1. The van der Waals surface area contributed by atoms with Gasteiger partial charge in [0.2, 0.25) is 0 Å². The average molecular weight is 456 g/mol. The second-order valence-corrected chi connectivity index (χ2v) is 7.95. The Morgan fingerprint density at radius 2 is 1.85 bits per heavy atom. The van der Waals surface area contributed by atoms with Crippen LogP contribution >= 0.6 is 0 Å². The molecule has 1 aliphatic heterocycles. The Balaban J connectivity index is 1.53. The van der Waals surface area contributed by atoms with E-state index in [1.807, 2.05) is 18.2 Å². The van der Waals surface area contributed by atoms with Gasteiger partial charge in [-0.2, -0.15) is 0 Å². The van der Waals surface area contributed by atoms with Gasteiger partial charge in [-0.05, 0) is 36.2 Å². The molecule has 0 unspecified atom stereocenters. The van der Waals surface area contributed by atoms with Gasteiger partial charge in [-0.15, -0.1) is 0 Å². The number of fused-ring (bicyclic) bond motifs is 2. The molecule has 0 aliphatic carbocycles. The Morgan fingerprint density at radius 3 is 2.59 bits per heavy atom. The molecule has 0 bridgehead atoms. The first-order chi connectivity index (χ1) is 16.5. The standard InChI is InChI=1S/C25H20N4O5/c1-34-21-11-8-16-14-28(13-12-18(16)23(21)30)25(31)22-19-4-2-3-5-20(19)26-24(27-22)15-6-9-17(10-7-15)29(32)33/h2-11,30H,12-14H2,1H3. The van der Waals surface area contributed by atoms with E-state index in [0.29, 0.717) is 47.6 Å². The summed E-state index contributed by atoms with van der Waals surface area (Å²) in [6.45, 7) is 0.745. The Hall–Kier alpha value is -4.53. The molecule has 34 heavy (non-hydrogen) atoms. The van der Waals surface area contributed by atoms with E-state index in [0.717, 1.165) is 11.1 Å². The summed E-state index contributed by atoms with van der Waals surface area (Å²) < 4.78 is 5.19. The maximum absolute atomic E-state index is 13.6. The van der Waals surface area contributed by atoms with Crippen LogP contribution in [0.4, 0.5) is 5.69 Å². The topological polar surface area (TPSA) is 119 Å². The molecular formula is C25H20N4O5. The number of non-ortho nitro benzene ring substituents is 1. The Kier molecular flexibility index (Phi) is 5.29. The van der Waals surface area contributed by atoms with Crippen LogP contribution in [-0.2, 0) is 13.0 Å². The fourth-order valence-electron chi connectivity index (χ4n) is 4.20. The van der Waals surface area contributed by atoms with E-state index >= 15 is 0 Å². The van der Waals surface area contributed by atoms with Crippen LogP contribution in [0.25, 0.3) is 22.3 Å². The zero-order valence-corrected chi connectivity index (χ0v) is 18.3. The summed E-state index contributed by atoms with van der Waals surface area (Å²) in [4.78, 5) is 35.0. The lowest BCUT2D eigenvalue weighted by Gasteiger charge is -2.29. The third kappa shape index (κ3) is 3.66. The number of aromatic hydroxyl groups is 1. The highest BCUT2D eigenvalue weighted by Gasteiger charge is 2.27. The van der Waals surface area contributed by atoms with Crippen molar-refractivity contribution < 1.29 is 19.6 Å². The van der Waals surface area contributed by atoms with Gasteiger partial charge in [-0.3, -0.25) is 14.9 Å². The number of ether oxygens (including phenoxy) is 1.